The first-order chi connectivity index (χ1) is 7.95. The number of rotatable bonds is 4. The summed E-state index contributed by atoms with van der Waals surface area (Å²) in [5.41, 5.74) is 0.964. The summed E-state index contributed by atoms with van der Waals surface area (Å²) in [6.07, 6.45) is 0. The highest BCUT2D eigenvalue weighted by molar-refractivity contribution is 6.30. The van der Waals surface area contributed by atoms with Gasteiger partial charge in [0.1, 0.15) is 0 Å². The van der Waals surface area contributed by atoms with E-state index in [0.29, 0.717) is 16.1 Å². The number of hydrogen-bond donors (Lipinski definition) is 3. The van der Waals surface area contributed by atoms with Gasteiger partial charge in [-0.25, -0.2) is 4.79 Å². The van der Waals surface area contributed by atoms with E-state index in [1.165, 1.54) is 12.1 Å². The van der Waals surface area contributed by atoms with Gasteiger partial charge in [-0.3, -0.25) is 4.79 Å². The fourth-order valence-electron chi connectivity index (χ4n) is 1.30. The zero-order chi connectivity index (χ0) is 13.0. The number of amides is 1. The van der Waals surface area contributed by atoms with E-state index in [1.54, 1.807) is 13.0 Å². The van der Waals surface area contributed by atoms with E-state index in [9.17, 15) is 9.59 Å². The number of benzene rings is 1. The summed E-state index contributed by atoms with van der Waals surface area (Å²) < 4.78 is 0. The van der Waals surface area contributed by atoms with Crippen LogP contribution in [0.15, 0.2) is 18.2 Å². The Morgan fingerprint density at radius 2 is 2.12 bits per heavy atom. The topological polar surface area (TPSA) is 86.6 Å². The molecular weight excluding hydrogens is 246 g/mol. The first kappa shape index (κ1) is 13.5. The fraction of sp³-hybridized carbons (Fsp3) is 0.273. The van der Waals surface area contributed by atoms with Crippen molar-refractivity contribution >= 4 is 23.5 Å². The standard InChI is InChI=1S/C11H12ClNO4/c1-6-4-7(12)2-3-8(6)10(15)13-9(5-14)11(16)17/h2-4,9,14H,5H2,1H3,(H,13,15)(H,16,17). The first-order valence-electron chi connectivity index (χ1n) is 4.86. The summed E-state index contributed by atoms with van der Waals surface area (Å²) in [7, 11) is 0. The second kappa shape index (κ2) is 5.65. The number of aliphatic hydroxyl groups is 1. The van der Waals surface area contributed by atoms with Gasteiger partial charge in [-0.2, -0.15) is 0 Å². The smallest absolute Gasteiger partial charge is 0.328 e. The molecule has 0 aliphatic heterocycles. The number of hydrogen-bond acceptors (Lipinski definition) is 3. The highest BCUT2D eigenvalue weighted by Gasteiger charge is 2.20. The van der Waals surface area contributed by atoms with Crippen LogP contribution in [0, 0.1) is 6.92 Å². The number of carboxylic acid groups (broad SMARTS) is 1. The highest BCUT2D eigenvalue weighted by atomic mass is 35.5. The molecule has 0 saturated heterocycles. The lowest BCUT2D eigenvalue weighted by atomic mass is 10.1. The van der Waals surface area contributed by atoms with Crippen LogP contribution >= 0.6 is 11.6 Å². The van der Waals surface area contributed by atoms with Gasteiger partial charge in [0.05, 0.1) is 6.61 Å². The molecule has 92 valence electrons. The first-order valence-corrected chi connectivity index (χ1v) is 5.24. The van der Waals surface area contributed by atoms with E-state index in [2.05, 4.69) is 5.32 Å². The molecule has 1 amide bonds. The van der Waals surface area contributed by atoms with Crippen molar-refractivity contribution in [2.75, 3.05) is 6.61 Å². The van der Waals surface area contributed by atoms with E-state index in [0.717, 1.165) is 0 Å². The van der Waals surface area contributed by atoms with Crippen LogP contribution in [0.4, 0.5) is 0 Å². The Morgan fingerprint density at radius 3 is 2.59 bits per heavy atom. The van der Waals surface area contributed by atoms with Crippen molar-refractivity contribution in [2.45, 2.75) is 13.0 Å². The quantitative estimate of drug-likeness (QED) is 0.745. The molecule has 1 aromatic carbocycles. The number of carbonyl (C=O) groups is 2. The summed E-state index contributed by atoms with van der Waals surface area (Å²) >= 11 is 5.74. The SMILES string of the molecule is Cc1cc(Cl)ccc1C(=O)NC(CO)C(=O)O. The number of aryl methyl sites for hydroxylation is 1. The number of halogens is 1. The second-order valence-corrected chi connectivity index (χ2v) is 3.94. The van der Waals surface area contributed by atoms with E-state index >= 15 is 0 Å². The minimum Gasteiger partial charge on any atom is -0.480 e. The molecule has 1 unspecified atom stereocenters. The molecule has 0 bridgehead atoms. The molecular formula is C11H12ClNO4. The van der Waals surface area contributed by atoms with Gasteiger partial charge in [-0.15, -0.1) is 0 Å². The van der Waals surface area contributed by atoms with E-state index in [1.807, 2.05) is 0 Å². The van der Waals surface area contributed by atoms with Crippen molar-refractivity contribution in [1.82, 2.24) is 5.32 Å². The molecule has 1 atom stereocenters. The minimum absolute atomic E-state index is 0.328. The predicted octanol–water partition coefficient (Wildman–Crippen LogP) is 0.824. The zero-order valence-electron chi connectivity index (χ0n) is 9.11. The van der Waals surface area contributed by atoms with Crippen molar-refractivity contribution in [3.05, 3.63) is 34.3 Å². The van der Waals surface area contributed by atoms with Crippen molar-refractivity contribution < 1.29 is 19.8 Å². The number of carboxylic acids is 1. The van der Waals surface area contributed by atoms with Gasteiger partial charge >= 0.3 is 5.97 Å². The molecule has 6 heteroatoms. The lowest BCUT2D eigenvalue weighted by molar-refractivity contribution is -0.140. The number of aliphatic hydroxyl groups excluding tert-OH is 1. The Labute approximate surface area is 103 Å². The average Bonchev–Trinajstić information content (AvgIpc) is 2.24. The Morgan fingerprint density at radius 1 is 1.47 bits per heavy atom. The van der Waals surface area contributed by atoms with Gasteiger partial charge in [0, 0.05) is 10.6 Å². The zero-order valence-corrected chi connectivity index (χ0v) is 9.86. The molecule has 17 heavy (non-hydrogen) atoms. The Hall–Kier alpha value is -1.59. The van der Waals surface area contributed by atoms with Crippen LogP contribution in [-0.4, -0.2) is 34.7 Å². The number of aliphatic carboxylic acids is 1. The normalized spacial score (nSPS) is 11.9. The van der Waals surface area contributed by atoms with Crippen LogP contribution in [0.5, 0.6) is 0 Å². The van der Waals surface area contributed by atoms with Gasteiger partial charge in [0.2, 0.25) is 0 Å². The number of nitrogens with one attached hydrogen (secondary N) is 1. The van der Waals surface area contributed by atoms with Gasteiger partial charge in [-0.05, 0) is 30.7 Å². The van der Waals surface area contributed by atoms with Crippen LogP contribution in [-0.2, 0) is 4.79 Å². The maximum Gasteiger partial charge on any atom is 0.328 e. The molecule has 0 radical (unpaired) electrons. The van der Waals surface area contributed by atoms with E-state index in [4.69, 9.17) is 21.8 Å². The summed E-state index contributed by atoms with van der Waals surface area (Å²) in [6, 6.07) is 3.34. The monoisotopic (exact) mass is 257 g/mol. The molecule has 0 spiro atoms. The minimum atomic E-state index is -1.31. The van der Waals surface area contributed by atoms with E-state index < -0.39 is 24.5 Å². The lowest BCUT2D eigenvalue weighted by Crippen LogP contribution is -2.43. The van der Waals surface area contributed by atoms with Crippen LogP contribution in [0.3, 0.4) is 0 Å². The van der Waals surface area contributed by atoms with Crippen LogP contribution in [0.1, 0.15) is 15.9 Å². The summed E-state index contributed by atoms with van der Waals surface area (Å²) in [5, 5.41) is 20.2. The fourth-order valence-corrected chi connectivity index (χ4v) is 1.53. The van der Waals surface area contributed by atoms with Crippen molar-refractivity contribution in [1.29, 1.82) is 0 Å². The third-order valence-corrected chi connectivity index (χ3v) is 2.45. The van der Waals surface area contributed by atoms with Crippen LogP contribution in [0.2, 0.25) is 5.02 Å². The van der Waals surface area contributed by atoms with E-state index in [-0.39, 0.29) is 0 Å². The summed E-state index contributed by atoms with van der Waals surface area (Å²) in [4.78, 5) is 22.4. The van der Waals surface area contributed by atoms with Crippen molar-refractivity contribution in [3.8, 4) is 0 Å². The third kappa shape index (κ3) is 3.44. The molecule has 1 rings (SSSR count). The molecule has 0 saturated carbocycles. The predicted molar refractivity (Wildman–Crippen MR) is 62.2 cm³/mol. The van der Waals surface area contributed by atoms with Gasteiger partial charge in [0.15, 0.2) is 6.04 Å². The summed E-state index contributed by atoms with van der Waals surface area (Å²) in [6.45, 7) is 1.03. The largest absolute Gasteiger partial charge is 0.480 e. The molecule has 0 fully saturated rings. The average molecular weight is 258 g/mol. The lowest BCUT2D eigenvalue weighted by Gasteiger charge is -2.12. The molecule has 0 heterocycles. The molecule has 0 aromatic heterocycles. The maximum absolute atomic E-state index is 11.7. The molecule has 0 aliphatic rings. The molecule has 3 N–H and O–H groups in total. The third-order valence-electron chi connectivity index (χ3n) is 2.22. The maximum atomic E-state index is 11.7. The van der Waals surface area contributed by atoms with Crippen LogP contribution < -0.4 is 5.32 Å². The Balaban J connectivity index is 2.86. The van der Waals surface area contributed by atoms with Crippen molar-refractivity contribution in [3.63, 3.8) is 0 Å². The van der Waals surface area contributed by atoms with Gasteiger partial charge in [0.25, 0.3) is 5.91 Å². The van der Waals surface area contributed by atoms with Gasteiger partial charge in [-0.1, -0.05) is 11.6 Å². The highest BCUT2D eigenvalue weighted by Crippen LogP contribution is 2.15. The van der Waals surface area contributed by atoms with Crippen molar-refractivity contribution in [2.24, 2.45) is 0 Å². The van der Waals surface area contributed by atoms with Crippen LogP contribution in [0.25, 0.3) is 0 Å². The molecule has 5 nitrogen and oxygen atoms in total. The Bertz CT molecular complexity index is 447. The summed E-state index contributed by atoms with van der Waals surface area (Å²) in [5.74, 6) is -1.84. The molecule has 0 aliphatic carbocycles. The second-order valence-electron chi connectivity index (χ2n) is 3.51. The Kier molecular flexibility index (Phi) is 4.48. The molecule has 1 aromatic rings. The number of carbonyl (C=O) groups excluding carboxylic acids is 1. The van der Waals surface area contributed by atoms with Gasteiger partial charge < -0.3 is 15.5 Å².